The molecule has 1 amide bonds. The fourth-order valence-corrected chi connectivity index (χ4v) is 3.04. The molecule has 0 aliphatic carbocycles. The molecule has 0 spiro atoms. The van der Waals surface area contributed by atoms with Crippen molar-refractivity contribution in [1.82, 2.24) is 10.1 Å². The van der Waals surface area contributed by atoms with Gasteiger partial charge in [0.2, 0.25) is 5.76 Å². The third kappa shape index (κ3) is 2.81. The smallest absolute Gasteiger partial charge is 0.323 e. The standard InChI is InChI=1S/C13H8N2O5S2/c16-11(17)6-15-12(18)10(22-13(15)21)5-7-4-9(20-14-7)8-2-1-3-19-8/h1-5H,6H2,(H,16,17)/b10-5+. The quantitative estimate of drug-likeness (QED) is 0.670. The SMILES string of the molecule is O=C(O)CN1C(=O)/C(=C\c2cc(-c3ccco3)on2)SC1=S. The normalized spacial score (nSPS) is 16.7. The average Bonchev–Trinajstić information content (AvgIpc) is 3.17. The molecule has 0 bridgehead atoms. The molecule has 1 saturated heterocycles. The molecule has 3 rings (SSSR count). The van der Waals surface area contributed by atoms with E-state index in [1.807, 2.05) is 0 Å². The van der Waals surface area contributed by atoms with Gasteiger partial charge in [0.15, 0.2) is 5.76 Å². The van der Waals surface area contributed by atoms with E-state index < -0.39 is 18.4 Å². The van der Waals surface area contributed by atoms with Crippen LogP contribution in [0.1, 0.15) is 5.69 Å². The van der Waals surface area contributed by atoms with Crippen molar-refractivity contribution in [3.05, 3.63) is 35.1 Å². The Kier molecular flexibility index (Phi) is 3.82. The fraction of sp³-hybridized carbons (Fsp3) is 0.0769. The highest BCUT2D eigenvalue weighted by Crippen LogP contribution is 2.32. The van der Waals surface area contributed by atoms with Crippen LogP contribution in [0.4, 0.5) is 0 Å². The summed E-state index contributed by atoms with van der Waals surface area (Å²) in [6.45, 7) is -0.460. The number of carbonyl (C=O) groups excluding carboxylic acids is 1. The summed E-state index contributed by atoms with van der Waals surface area (Å²) in [7, 11) is 0. The van der Waals surface area contributed by atoms with Crippen molar-refractivity contribution >= 4 is 46.3 Å². The van der Waals surface area contributed by atoms with E-state index in [-0.39, 0.29) is 4.32 Å². The summed E-state index contributed by atoms with van der Waals surface area (Å²) < 4.78 is 10.5. The molecule has 2 aromatic heterocycles. The van der Waals surface area contributed by atoms with Crippen LogP contribution in [-0.2, 0) is 9.59 Å². The summed E-state index contributed by atoms with van der Waals surface area (Å²) in [5.41, 5.74) is 0.419. The molecule has 1 N–H and O–H groups in total. The summed E-state index contributed by atoms with van der Waals surface area (Å²) in [5, 5.41) is 12.6. The highest BCUT2D eigenvalue weighted by atomic mass is 32.2. The Morgan fingerprint density at radius 1 is 1.50 bits per heavy atom. The molecule has 0 unspecified atom stereocenters. The Hall–Kier alpha value is -2.39. The van der Waals surface area contributed by atoms with Crippen molar-refractivity contribution in [2.45, 2.75) is 0 Å². The van der Waals surface area contributed by atoms with Gasteiger partial charge in [0.1, 0.15) is 16.6 Å². The molecule has 1 aliphatic heterocycles. The maximum atomic E-state index is 12.1. The molecule has 3 heterocycles. The number of furan rings is 1. The molecule has 0 saturated carbocycles. The molecular formula is C13H8N2O5S2. The number of aliphatic carboxylic acids is 1. The first-order chi connectivity index (χ1) is 10.5. The summed E-state index contributed by atoms with van der Waals surface area (Å²) in [6, 6.07) is 5.05. The van der Waals surface area contributed by atoms with Crippen LogP contribution < -0.4 is 0 Å². The van der Waals surface area contributed by atoms with E-state index in [4.69, 9.17) is 26.3 Å². The second-order valence-electron chi connectivity index (χ2n) is 4.25. The number of carboxylic acids is 1. The van der Waals surface area contributed by atoms with E-state index in [1.165, 1.54) is 12.3 Å². The van der Waals surface area contributed by atoms with Crippen LogP contribution in [0, 0.1) is 0 Å². The number of hydrogen-bond acceptors (Lipinski definition) is 7. The van der Waals surface area contributed by atoms with Crippen molar-refractivity contribution in [2.75, 3.05) is 6.54 Å². The van der Waals surface area contributed by atoms with Crippen LogP contribution in [0.3, 0.4) is 0 Å². The maximum Gasteiger partial charge on any atom is 0.323 e. The van der Waals surface area contributed by atoms with Crippen LogP contribution in [0.25, 0.3) is 17.6 Å². The van der Waals surface area contributed by atoms with Crippen molar-refractivity contribution in [1.29, 1.82) is 0 Å². The van der Waals surface area contributed by atoms with E-state index >= 15 is 0 Å². The number of amides is 1. The first-order valence-electron chi connectivity index (χ1n) is 6.02. The zero-order valence-corrected chi connectivity index (χ0v) is 12.5. The van der Waals surface area contributed by atoms with Crippen LogP contribution in [0.2, 0.25) is 0 Å². The average molecular weight is 336 g/mol. The molecule has 0 aromatic carbocycles. The number of carbonyl (C=O) groups is 2. The molecule has 0 atom stereocenters. The van der Waals surface area contributed by atoms with Crippen molar-refractivity contribution in [2.24, 2.45) is 0 Å². The molecule has 0 radical (unpaired) electrons. The van der Waals surface area contributed by atoms with Crippen molar-refractivity contribution in [3.63, 3.8) is 0 Å². The van der Waals surface area contributed by atoms with Crippen molar-refractivity contribution < 1.29 is 23.6 Å². The lowest BCUT2D eigenvalue weighted by Gasteiger charge is -2.09. The van der Waals surface area contributed by atoms with Gasteiger partial charge in [-0.05, 0) is 18.2 Å². The van der Waals surface area contributed by atoms with Crippen LogP contribution >= 0.6 is 24.0 Å². The molecule has 2 aromatic rings. The summed E-state index contributed by atoms with van der Waals surface area (Å²) in [5.74, 6) is -0.637. The number of thioether (sulfide) groups is 1. The van der Waals surface area contributed by atoms with Gasteiger partial charge in [-0.15, -0.1) is 0 Å². The van der Waals surface area contributed by atoms with E-state index in [0.29, 0.717) is 22.1 Å². The molecule has 1 fully saturated rings. The molecule has 7 nitrogen and oxygen atoms in total. The van der Waals surface area contributed by atoms with Gasteiger partial charge in [0, 0.05) is 6.07 Å². The number of thiocarbonyl (C=S) groups is 1. The monoisotopic (exact) mass is 336 g/mol. The highest BCUT2D eigenvalue weighted by molar-refractivity contribution is 8.26. The Morgan fingerprint density at radius 3 is 3.00 bits per heavy atom. The molecule has 22 heavy (non-hydrogen) atoms. The van der Waals surface area contributed by atoms with E-state index in [0.717, 1.165) is 16.7 Å². The number of rotatable bonds is 4. The Balaban J connectivity index is 1.82. The number of carboxylic acid groups (broad SMARTS) is 1. The molecule has 9 heteroatoms. The minimum absolute atomic E-state index is 0.202. The van der Waals surface area contributed by atoms with Crippen LogP contribution in [0.5, 0.6) is 0 Å². The minimum Gasteiger partial charge on any atom is -0.480 e. The van der Waals surface area contributed by atoms with Crippen LogP contribution in [0.15, 0.2) is 38.3 Å². The second-order valence-corrected chi connectivity index (χ2v) is 5.93. The van der Waals surface area contributed by atoms with Gasteiger partial charge in [-0.3, -0.25) is 14.5 Å². The Morgan fingerprint density at radius 2 is 2.32 bits per heavy atom. The lowest BCUT2D eigenvalue weighted by Crippen LogP contribution is -2.33. The van der Waals surface area contributed by atoms with Crippen molar-refractivity contribution in [3.8, 4) is 11.5 Å². The predicted molar refractivity (Wildman–Crippen MR) is 81.7 cm³/mol. The number of aromatic nitrogens is 1. The third-order valence-electron chi connectivity index (χ3n) is 2.74. The Bertz CT molecular complexity index is 778. The van der Waals surface area contributed by atoms with E-state index in [1.54, 1.807) is 18.2 Å². The van der Waals surface area contributed by atoms with Gasteiger partial charge in [-0.25, -0.2) is 0 Å². The lowest BCUT2D eigenvalue weighted by atomic mass is 10.3. The minimum atomic E-state index is -1.13. The maximum absolute atomic E-state index is 12.1. The lowest BCUT2D eigenvalue weighted by molar-refractivity contribution is -0.140. The molecule has 112 valence electrons. The third-order valence-corrected chi connectivity index (χ3v) is 4.12. The van der Waals surface area contributed by atoms with Gasteiger partial charge < -0.3 is 14.0 Å². The zero-order valence-electron chi connectivity index (χ0n) is 10.9. The highest BCUT2D eigenvalue weighted by Gasteiger charge is 2.33. The van der Waals surface area contributed by atoms with Gasteiger partial charge in [-0.1, -0.05) is 29.1 Å². The fourth-order valence-electron chi connectivity index (χ4n) is 1.80. The van der Waals surface area contributed by atoms with Crippen LogP contribution in [-0.4, -0.2) is 37.9 Å². The second kappa shape index (κ2) is 5.78. The first-order valence-corrected chi connectivity index (χ1v) is 7.25. The zero-order chi connectivity index (χ0) is 15.7. The van der Waals surface area contributed by atoms with Gasteiger partial charge in [0.05, 0.1) is 11.2 Å². The summed E-state index contributed by atoms with van der Waals surface area (Å²) in [4.78, 5) is 24.2. The van der Waals surface area contributed by atoms with E-state index in [2.05, 4.69) is 5.16 Å². The van der Waals surface area contributed by atoms with Gasteiger partial charge in [0.25, 0.3) is 5.91 Å². The molecule has 1 aliphatic rings. The first kappa shape index (κ1) is 14.5. The van der Waals surface area contributed by atoms with Gasteiger partial charge in [-0.2, -0.15) is 0 Å². The summed E-state index contributed by atoms with van der Waals surface area (Å²) in [6.07, 6.45) is 3.01. The Labute approximate surface area is 133 Å². The summed E-state index contributed by atoms with van der Waals surface area (Å²) >= 11 is 6.03. The number of nitrogens with zero attached hydrogens (tertiary/aromatic N) is 2. The molecular weight excluding hydrogens is 328 g/mol. The topological polar surface area (TPSA) is 96.8 Å². The number of hydrogen-bond donors (Lipinski definition) is 1. The van der Waals surface area contributed by atoms with Gasteiger partial charge >= 0.3 is 5.97 Å². The predicted octanol–water partition coefficient (Wildman–Crippen LogP) is 2.22. The largest absolute Gasteiger partial charge is 0.480 e. The van der Waals surface area contributed by atoms with E-state index in [9.17, 15) is 9.59 Å².